The van der Waals surface area contributed by atoms with Crippen molar-refractivity contribution >= 4 is 21.6 Å². The number of hydrogen-bond donors (Lipinski definition) is 1. The highest BCUT2D eigenvalue weighted by molar-refractivity contribution is 7.89. The van der Waals surface area contributed by atoms with Crippen molar-refractivity contribution in [3.05, 3.63) is 24.8 Å². The highest BCUT2D eigenvalue weighted by atomic mass is 32.2. The van der Waals surface area contributed by atoms with Crippen LogP contribution < -0.4 is 9.62 Å². The van der Waals surface area contributed by atoms with Gasteiger partial charge in [-0.2, -0.15) is 14.9 Å². The van der Waals surface area contributed by atoms with E-state index in [1.165, 1.54) is 15.8 Å². The number of nitrogens with zero attached hydrogens (tertiary/aromatic N) is 5. The molecule has 0 aromatic carbocycles. The first-order chi connectivity index (χ1) is 11.8. The Morgan fingerprint density at radius 1 is 1.32 bits per heavy atom. The molecular formula is C13H16F2N6O3S. The van der Waals surface area contributed by atoms with Crippen molar-refractivity contribution in [1.29, 1.82) is 0 Å². The minimum atomic E-state index is -4.04. The Kier molecular flexibility index (Phi) is 4.56. The van der Waals surface area contributed by atoms with Crippen molar-refractivity contribution in [2.75, 3.05) is 11.4 Å². The second-order valence-corrected chi connectivity index (χ2v) is 7.33. The van der Waals surface area contributed by atoms with Crippen molar-refractivity contribution < 1.29 is 22.0 Å². The number of anilines is 1. The van der Waals surface area contributed by atoms with Crippen LogP contribution in [0.2, 0.25) is 0 Å². The maximum absolute atomic E-state index is 12.4. The van der Waals surface area contributed by atoms with E-state index in [1.54, 1.807) is 13.2 Å². The van der Waals surface area contributed by atoms with E-state index in [0.29, 0.717) is 12.2 Å². The second kappa shape index (κ2) is 6.52. The molecule has 1 N–H and O–H groups in total. The summed E-state index contributed by atoms with van der Waals surface area (Å²) in [6.45, 7) is -0.352. The molecule has 3 rings (SSSR count). The summed E-state index contributed by atoms with van der Waals surface area (Å²) < 4.78 is 54.0. The Morgan fingerprint density at radius 3 is 2.72 bits per heavy atom. The maximum atomic E-state index is 12.4. The molecule has 0 radical (unpaired) electrons. The van der Waals surface area contributed by atoms with Gasteiger partial charge in [-0.25, -0.2) is 17.2 Å². The van der Waals surface area contributed by atoms with Gasteiger partial charge < -0.3 is 4.90 Å². The standard InChI is InChI=1S/C13H16F2N6O3S/c1-19-6-9(4-16-19)21-3-2-11(13(21)22)18-25(23,24)10-5-17-20(7-10)8-12(14)15/h4-7,11-12,18H,2-3,8H2,1H3/t11-/m1/s1. The minimum absolute atomic E-state index is 0.263. The third-order valence-electron chi connectivity index (χ3n) is 3.75. The molecule has 2 aromatic rings. The number of alkyl halides is 2. The molecule has 9 nitrogen and oxygen atoms in total. The molecular weight excluding hydrogens is 358 g/mol. The van der Waals surface area contributed by atoms with Crippen LogP contribution in [-0.4, -0.2) is 52.9 Å². The van der Waals surface area contributed by atoms with E-state index in [4.69, 9.17) is 0 Å². The molecule has 1 saturated heterocycles. The number of hydrogen-bond acceptors (Lipinski definition) is 5. The first-order valence-corrected chi connectivity index (χ1v) is 8.87. The monoisotopic (exact) mass is 374 g/mol. The zero-order valence-electron chi connectivity index (χ0n) is 13.2. The Labute approximate surface area is 142 Å². The van der Waals surface area contributed by atoms with Gasteiger partial charge in [0.05, 0.1) is 18.1 Å². The molecule has 2 aromatic heterocycles. The third-order valence-corrected chi connectivity index (χ3v) is 5.18. The van der Waals surface area contributed by atoms with Gasteiger partial charge in [-0.05, 0) is 6.42 Å². The highest BCUT2D eigenvalue weighted by Gasteiger charge is 2.36. The van der Waals surface area contributed by atoms with Gasteiger partial charge in [0.1, 0.15) is 17.5 Å². The van der Waals surface area contributed by atoms with Crippen LogP contribution in [0.25, 0.3) is 0 Å². The summed E-state index contributed by atoms with van der Waals surface area (Å²) in [5.41, 5.74) is 0.582. The van der Waals surface area contributed by atoms with E-state index in [0.717, 1.165) is 17.1 Å². The first-order valence-electron chi connectivity index (χ1n) is 7.39. The highest BCUT2D eigenvalue weighted by Crippen LogP contribution is 2.22. The van der Waals surface area contributed by atoms with Gasteiger partial charge in [-0.15, -0.1) is 0 Å². The topological polar surface area (TPSA) is 102 Å². The van der Waals surface area contributed by atoms with Gasteiger partial charge >= 0.3 is 0 Å². The molecule has 0 saturated carbocycles. The average Bonchev–Trinajstić information content (AvgIpc) is 3.21. The number of halogens is 2. The summed E-state index contributed by atoms with van der Waals surface area (Å²) in [4.78, 5) is 13.6. The SMILES string of the molecule is Cn1cc(N2CC[C@@H](NS(=O)(=O)c3cnn(CC(F)F)c3)C2=O)cn1. The van der Waals surface area contributed by atoms with Crippen molar-refractivity contribution in [3.63, 3.8) is 0 Å². The number of carbonyl (C=O) groups excluding carboxylic acids is 1. The lowest BCUT2D eigenvalue weighted by molar-refractivity contribution is -0.118. The number of nitrogens with one attached hydrogen (secondary N) is 1. The van der Waals surface area contributed by atoms with Crippen molar-refractivity contribution in [2.24, 2.45) is 7.05 Å². The molecule has 0 bridgehead atoms. The predicted octanol–water partition coefficient (Wildman–Crippen LogP) is -0.0345. The summed E-state index contributed by atoms with van der Waals surface area (Å²) in [5.74, 6) is -0.392. The average molecular weight is 374 g/mol. The summed E-state index contributed by atoms with van der Waals surface area (Å²) in [6.07, 6.45) is 2.80. The van der Waals surface area contributed by atoms with E-state index < -0.39 is 34.9 Å². The van der Waals surface area contributed by atoms with Crippen LogP contribution in [0.15, 0.2) is 29.7 Å². The molecule has 0 spiro atoms. The smallest absolute Gasteiger partial charge is 0.257 e. The normalized spacial score (nSPS) is 18.5. The zero-order chi connectivity index (χ0) is 18.2. The van der Waals surface area contributed by atoms with Crippen molar-refractivity contribution in [1.82, 2.24) is 24.3 Å². The minimum Gasteiger partial charge on any atom is -0.308 e. The fourth-order valence-electron chi connectivity index (χ4n) is 2.57. The van der Waals surface area contributed by atoms with Gasteiger partial charge in [0.2, 0.25) is 15.9 Å². The van der Waals surface area contributed by atoms with Crippen molar-refractivity contribution in [2.45, 2.75) is 30.3 Å². The summed E-state index contributed by atoms with van der Waals surface area (Å²) in [5, 5.41) is 7.57. The number of amides is 1. The molecule has 0 unspecified atom stereocenters. The van der Waals surface area contributed by atoms with Crippen LogP contribution in [-0.2, 0) is 28.4 Å². The van der Waals surface area contributed by atoms with Crippen LogP contribution in [0.4, 0.5) is 14.5 Å². The fourth-order valence-corrected chi connectivity index (χ4v) is 3.75. The Balaban J connectivity index is 1.71. The second-order valence-electron chi connectivity index (χ2n) is 5.61. The van der Waals surface area contributed by atoms with E-state index in [9.17, 15) is 22.0 Å². The number of sulfonamides is 1. The van der Waals surface area contributed by atoms with Crippen molar-refractivity contribution in [3.8, 4) is 0 Å². The Hall–Kier alpha value is -2.34. The number of carbonyl (C=O) groups is 1. The molecule has 136 valence electrons. The van der Waals surface area contributed by atoms with Crippen LogP contribution in [0.5, 0.6) is 0 Å². The lowest BCUT2D eigenvalue weighted by Gasteiger charge is -2.14. The molecule has 1 atom stereocenters. The Bertz CT molecular complexity index is 878. The largest absolute Gasteiger partial charge is 0.308 e. The summed E-state index contributed by atoms with van der Waals surface area (Å²) >= 11 is 0. The molecule has 0 aliphatic carbocycles. The van der Waals surface area contributed by atoms with Crippen LogP contribution in [0.3, 0.4) is 0 Å². The number of rotatable bonds is 6. The molecule has 3 heterocycles. The van der Waals surface area contributed by atoms with E-state index in [2.05, 4.69) is 14.9 Å². The number of aryl methyl sites for hydroxylation is 1. The zero-order valence-corrected chi connectivity index (χ0v) is 14.0. The van der Waals surface area contributed by atoms with E-state index >= 15 is 0 Å². The molecule has 1 amide bonds. The predicted molar refractivity (Wildman–Crippen MR) is 82.5 cm³/mol. The molecule has 12 heteroatoms. The fraction of sp³-hybridized carbons (Fsp3) is 0.462. The van der Waals surface area contributed by atoms with Gasteiger partial charge in [-0.1, -0.05) is 0 Å². The van der Waals surface area contributed by atoms with E-state index in [-0.39, 0.29) is 11.3 Å². The van der Waals surface area contributed by atoms with E-state index in [1.807, 2.05) is 0 Å². The summed E-state index contributed by atoms with van der Waals surface area (Å²) in [6, 6.07) is -0.927. The van der Waals surface area contributed by atoms with Crippen LogP contribution >= 0.6 is 0 Å². The van der Waals surface area contributed by atoms with Gasteiger partial charge in [0, 0.05) is 26.0 Å². The molecule has 1 fully saturated rings. The van der Waals surface area contributed by atoms with Crippen LogP contribution in [0, 0.1) is 0 Å². The third kappa shape index (κ3) is 3.69. The summed E-state index contributed by atoms with van der Waals surface area (Å²) in [7, 11) is -2.33. The van der Waals surface area contributed by atoms with Gasteiger partial charge in [0.15, 0.2) is 0 Å². The molecule has 1 aliphatic rings. The van der Waals surface area contributed by atoms with Crippen LogP contribution in [0.1, 0.15) is 6.42 Å². The molecule has 1 aliphatic heterocycles. The lowest BCUT2D eigenvalue weighted by atomic mass is 10.3. The quantitative estimate of drug-likeness (QED) is 0.765. The maximum Gasteiger partial charge on any atom is 0.257 e. The van der Waals surface area contributed by atoms with Gasteiger partial charge in [0.25, 0.3) is 6.43 Å². The number of aromatic nitrogens is 4. The lowest BCUT2D eigenvalue weighted by Crippen LogP contribution is -2.41. The first kappa shape index (κ1) is 17.5. The molecule has 25 heavy (non-hydrogen) atoms. The van der Waals surface area contributed by atoms with Gasteiger partial charge in [-0.3, -0.25) is 14.2 Å². The Morgan fingerprint density at radius 2 is 2.08 bits per heavy atom.